The molecule has 2 aliphatic rings. The number of aliphatic hydroxyl groups is 1. The van der Waals surface area contributed by atoms with Gasteiger partial charge in [-0.2, -0.15) is 0 Å². The van der Waals surface area contributed by atoms with Gasteiger partial charge in [0, 0.05) is 6.54 Å². The van der Waals surface area contributed by atoms with Crippen LogP contribution in [-0.2, 0) is 14.4 Å². The van der Waals surface area contributed by atoms with Crippen molar-refractivity contribution >= 4 is 17.8 Å². The van der Waals surface area contributed by atoms with E-state index < -0.39 is 30.1 Å². The van der Waals surface area contributed by atoms with Crippen molar-refractivity contribution < 1.29 is 24.6 Å². The third-order valence-electron chi connectivity index (χ3n) is 4.24. The molecule has 0 saturated carbocycles. The molecular weight excluding hydrogens is 290 g/mol. The Hall–Kier alpha value is -1.67. The minimum Gasteiger partial charge on any atom is -0.480 e. The van der Waals surface area contributed by atoms with Crippen LogP contribution in [0.15, 0.2) is 0 Å². The molecule has 22 heavy (non-hydrogen) atoms. The van der Waals surface area contributed by atoms with E-state index in [1.165, 1.54) is 11.8 Å². The third kappa shape index (κ3) is 3.56. The van der Waals surface area contributed by atoms with Crippen molar-refractivity contribution in [3.63, 3.8) is 0 Å². The zero-order valence-electron chi connectivity index (χ0n) is 12.6. The number of likely N-dealkylation sites (tertiary alicyclic amines) is 1. The van der Waals surface area contributed by atoms with Gasteiger partial charge in [-0.05, 0) is 39.2 Å². The number of nitrogens with zero attached hydrogens (tertiary/aromatic N) is 1. The lowest BCUT2D eigenvalue weighted by Gasteiger charge is -2.28. The summed E-state index contributed by atoms with van der Waals surface area (Å²) in [6.45, 7) is 2.60. The largest absolute Gasteiger partial charge is 0.480 e. The van der Waals surface area contributed by atoms with Crippen LogP contribution in [0.2, 0.25) is 0 Å². The SMILES string of the molecule is C[C@@H](O)[C@H](NC(=O)[C@@H]1CCCN1C(=O)[C@@H]1CCCN1)C(=O)O. The van der Waals surface area contributed by atoms with E-state index >= 15 is 0 Å². The molecule has 0 bridgehead atoms. The number of rotatable bonds is 5. The van der Waals surface area contributed by atoms with E-state index in [9.17, 15) is 19.5 Å². The average Bonchev–Trinajstić information content (AvgIpc) is 3.13. The van der Waals surface area contributed by atoms with Gasteiger partial charge in [-0.1, -0.05) is 0 Å². The highest BCUT2D eigenvalue weighted by Gasteiger charge is 2.39. The molecule has 0 aromatic carbocycles. The van der Waals surface area contributed by atoms with E-state index in [0.717, 1.165) is 19.4 Å². The number of carboxylic acid groups (broad SMARTS) is 1. The van der Waals surface area contributed by atoms with Crippen LogP contribution in [0.25, 0.3) is 0 Å². The fraction of sp³-hybridized carbons (Fsp3) is 0.786. The maximum atomic E-state index is 12.4. The molecule has 0 spiro atoms. The molecule has 2 amide bonds. The van der Waals surface area contributed by atoms with Gasteiger partial charge in [0.2, 0.25) is 11.8 Å². The predicted octanol–water partition coefficient (Wildman–Crippen LogP) is -1.32. The molecule has 8 nitrogen and oxygen atoms in total. The number of hydrogen-bond donors (Lipinski definition) is 4. The molecule has 0 radical (unpaired) electrons. The van der Waals surface area contributed by atoms with Gasteiger partial charge >= 0.3 is 5.97 Å². The Morgan fingerprint density at radius 3 is 2.55 bits per heavy atom. The standard InChI is InChI=1S/C14H23N3O5/c1-8(18)11(14(21)22)16-12(19)10-5-3-7-17(10)13(20)9-4-2-6-15-9/h8-11,15,18H,2-7H2,1H3,(H,16,19)(H,21,22)/t8-,9+,10+,11+/m1/s1. The number of aliphatic carboxylic acids is 1. The first-order valence-electron chi connectivity index (χ1n) is 7.67. The number of aliphatic hydroxyl groups excluding tert-OH is 1. The van der Waals surface area contributed by atoms with Crippen molar-refractivity contribution in [1.29, 1.82) is 0 Å². The molecule has 0 aromatic heterocycles. The minimum absolute atomic E-state index is 0.0981. The average molecular weight is 313 g/mol. The van der Waals surface area contributed by atoms with Crippen LogP contribution in [0.3, 0.4) is 0 Å². The van der Waals surface area contributed by atoms with Crippen LogP contribution in [0.5, 0.6) is 0 Å². The van der Waals surface area contributed by atoms with Crippen molar-refractivity contribution in [2.75, 3.05) is 13.1 Å². The summed E-state index contributed by atoms with van der Waals surface area (Å²) in [7, 11) is 0. The van der Waals surface area contributed by atoms with Gasteiger partial charge < -0.3 is 25.7 Å². The van der Waals surface area contributed by atoms with E-state index in [1.807, 2.05) is 0 Å². The fourth-order valence-electron chi connectivity index (χ4n) is 3.04. The maximum Gasteiger partial charge on any atom is 0.328 e. The van der Waals surface area contributed by atoms with Gasteiger partial charge in [-0.25, -0.2) is 4.79 Å². The van der Waals surface area contributed by atoms with Gasteiger partial charge in [0.25, 0.3) is 0 Å². The predicted molar refractivity (Wildman–Crippen MR) is 77.0 cm³/mol. The highest BCUT2D eigenvalue weighted by Crippen LogP contribution is 2.21. The van der Waals surface area contributed by atoms with E-state index in [-0.39, 0.29) is 11.9 Å². The van der Waals surface area contributed by atoms with Crippen molar-refractivity contribution in [3.8, 4) is 0 Å². The Bertz CT molecular complexity index is 448. The van der Waals surface area contributed by atoms with Crippen molar-refractivity contribution in [3.05, 3.63) is 0 Å². The highest BCUT2D eigenvalue weighted by atomic mass is 16.4. The van der Waals surface area contributed by atoms with Crippen LogP contribution < -0.4 is 10.6 Å². The summed E-state index contributed by atoms with van der Waals surface area (Å²) in [6.07, 6.45) is 1.71. The molecule has 0 aliphatic carbocycles. The van der Waals surface area contributed by atoms with Crippen LogP contribution in [0, 0.1) is 0 Å². The minimum atomic E-state index is -1.37. The van der Waals surface area contributed by atoms with Crippen molar-refractivity contribution in [2.45, 2.75) is 56.8 Å². The zero-order valence-corrected chi connectivity index (χ0v) is 12.6. The molecule has 0 aromatic rings. The Morgan fingerprint density at radius 1 is 1.27 bits per heavy atom. The molecule has 2 rings (SSSR count). The van der Waals surface area contributed by atoms with E-state index in [0.29, 0.717) is 19.4 Å². The lowest BCUT2D eigenvalue weighted by molar-refractivity contribution is -0.146. The summed E-state index contributed by atoms with van der Waals surface area (Å²) >= 11 is 0. The summed E-state index contributed by atoms with van der Waals surface area (Å²) in [4.78, 5) is 37.3. The van der Waals surface area contributed by atoms with Crippen molar-refractivity contribution in [1.82, 2.24) is 15.5 Å². The van der Waals surface area contributed by atoms with Gasteiger partial charge in [0.1, 0.15) is 6.04 Å². The highest BCUT2D eigenvalue weighted by molar-refractivity contribution is 5.92. The summed E-state index contributed by atoms with van der Waals surface area (Å²) in [5, 5.41) is 23.9. The molecule has 2 heterocycles. The van der Waals surface area contributed by atoms with Gasteiger partial charge in [0.15, 0.2) is 6.04 Å². The first-order valence-corrected chi connectivity index (χ1v) is 7.67. The molecule has 2 aliphatic heterocycles. The second-order valence-electron chi connectivity index (χ2n) is 5.90. The Kier molecular flexibility index (Phi) is 5.36. The van der Waals surface area contributed by atoms with Crippen LogP contribution in [-0.4, -0.2) is 70.2 Å². The maximum absolute atomic E-state index is 12.4. The zero-order chi connectivity index (χ0) is 16.3. The lowest BCUT2D eigenvalue weighted by atomic mass is 10.1. The number of hydrogen-bond acceptors (Lipinski definition) is 5. The van der Waals surface area contributed by atoms with E-state index in [1.54, 1.807) is 0 Å². The van der Waals surface area contributed by atoms with Gasteiger partial charge in [-0.15, -0.1) is 0 Å². The molecule has 2 saturated heterocycles. The Balaban J connectivity index is 2.01. The molecule has 2 fully saturated rings. The molecule has 4 atom stereocenters. The number of nitrogens with one attached hydrogen (secondary N) is 2. The van der Waals surface area contributed by atoms with Gasteiger partial charge in [-0.3, -0.25) is 9.59 Å². The Morgan fingerprint density at radius 2 is 2.00 bits per heavy atom. The summed E-state index contributed by atoms with van der Waals surface area (Å²) in [6, 6.07) is -2.27. The van der Waals surface area contributed by atoms with Crippen LogP contribution >= 0.6 is 0 Å². The molecule has 4 N–H and O–H groups in total. The molecule has 124 valence electrons. The first kappa shape index (κ1) is 16.7. The second-order valence-corrected chi connectivity index (χ2v) is 5.90. The Labute approximate surface area is 128 Å². The molecule has 8 heteroatoms. The summed E-state index contributed by atoms with van der Waals surface area (Å²) < 4.78 is 0. The lowest BCUT2D eigenvalue weighted by Crippen LogP contribution is -2.55. The molecule has 0 unspecified atom stereocenters. The van der Waals surface area contributed by atoms with Gasteiger partial charge in [0.05, 0.1) is 12.1 Å². The smallest absolute Gasteiger partial charge is 0.328 e. The topological polar surface area (TPSA) is 119 Å². The summed E-state index contributed by atoms with van der Waals surface area (Å²) in [5.74, 6) is -1.91. The quantitative estimate of drug-likeness (QED) is 0.500. The van der Waals surface area contributed by atoms with Crippen LogP contribution in [0.4, 0.5) is 0 Å². The second kappa shape index (κ2) is 7.06. The fourth-order valence-corrected chi connectivity index (χ4v) is 3.04. The number of carbonyl (C=O) groups is 3. The molecular formula is C14H23N3O5. The number of carboxylic acids is 1. The summed E-state index contributed by atoms with van der Waals surface area (Å²) in [5.41, 5.74) is 0. The van der Waals surface area contributed by atoms with Crippen molar-refractivity contribution in [2.24, 2.45) is 0 Å². The number of carbonyl (C=O) groups excluding carboxylic acids is 2. The van der Waals surface area contributed by atoms with E-state index in [4.69, 9.17) is 5.11 Å². The first-order chi connectivity index (χ1) is 10.4. The van der Waals surface area contributed by atoms with E-state index in [2.05, 4.69) is 10.6 Å². The van der Waals surface area contributed by atoms with Crippen LogP contribution in [0.1, 0.15) is 32.6 Å². The monoisotopic (exact) mass is 313 g/mol. The number of amides is 2. The third-order valence-corrected chi connectivity index (χ3v) is 4.24. The normalized spacial score (nSPS) is 27.5.